The number of nitrogens with zero attached hydrogens (tertiary/aromatic N) is 2. The Hall–Kier alpha value is -0.590. The lowest BCUT2D eigenvalue weighted by atomic mass is 9.83. The Morgan fingerprint density at radius 1 is 1.25 bits per heavy atom. The van der Waals surface area contributed by atoms with Crippen molar-refractivity contribution in [2.75, 3.05) is 13.1 Å². The fourth-order valence-corrected chi connectivity index (χ4v) is 3.37. The normalized spacial score (nSPS) is 32.8. The summed E-state index contributed by atoms with van der Waals surface area (Å²) in [4.78, 5) is 2.35. The van der Waals surface area contributed by atoms with E-state index in [-0.39, 0.29) is 6.10 Å². The zero-order chi connectivity index (χ0) is 11.4. The van der Waals surface area contributed by atoms with Gasteiger partial charge < -0.3 is 5.11 Å². The van der Waals surface area contributed by atoms with Crippen LogP contribution in [0.4, 0.5) is 0 Å². The van der Waals surface area contributed by atoms with Crippen LogP contribution in [0.2, 0.25) is 0 Å². The first-order valence-corrected chi connectivity index (χ1v) is 6.60. The van der Waals surface area contributed by atoms with E-state index in [0.717, 1.165) is 25.4 Å². The first-order valence-electron chi connectivity index (χ1n) is 6.60. The Bertz CT molecular complexity index is 255. The quantitative estimate of drug-likeness (QED) is 0.793. The monoisotopic (exact) mass is 222 g/mol. The molecular formula is C13H22N2O. The second kappa shape index (κ2) is 5.65. The minimum absolute atomic E-state index is 0.161. The van der Waals surface area contributed by atoms with E-state index in [1.54, 1.807) is 0 Å². The Labute approximate surface area is 98.1 Å². The Morgan fingerprint density at radius 2 is 2.00 bits per heavy atom. The van der Waals surface area contributed by atoms with Gasteiger partial charge in [0.05, 0.1) is 12.2 Å². The summed E-state index contributed by atoms with van der Waals surface area (Å²) in [5.74, 6) is 0.768. The zero-order valence-electron chi connectivity index (χ0n) is 9.94. The highest BCUT2D eigenvalue weighted by molar-refractivity contribution is 4.91. The molecule has 0 aromatic rings. The van der Waals surface area contributed by atoms with E-state index in [2.05, 4.69) is 11.0 Å². The number of aliphatic hydroxyl groups excluding tert-OH is 1. The standard InChI is InChI=1S/C13H22N2O/c14-7-4-8-15-10-12(16)9-13(15)11-5-2-1-3-6-11/h11-13,16H,1-6,8-10H2/t12-,13+/m1/s1. The second-order valence-electron chi connectivity index (χ2n) is 5.26. The lowest BCUT2D eigenvalue weighted by Crippen LogP contribution is -2.37. The van der Waals surface area contributed by atoms with Gasteiger partial charge in [-0.2, -0.15) is 5.26 Å². The zero-order valence-corrected chi connectivity index (χ0v) is 9.94. The minimum Gasteiger partial charge on any atom is -0.392 e. The maximum Gasteiger partial charge on any atom is 0.0682 e. The summed E-state index contributed by atoms with van der Waals surface area (Å²) in [6, 6.07) is 2.75. The average Bonchev–Trinajstić information content (AvgIpc) is 2.69. The van der Waals surface area contributed by atoms with Crippen LogP contribution in [0.15, 0.2) is 0 Å². The third-order valence-corrected chi connectivity index (χ3v) is 4.13. The molecule has 0 radical (unpaired) electrons. The van der Waals surface area contributed by atoms with Crippen molar-refractivity contribution in [2.45, 2.75) is 57.1 Å². The molecule has 2 atom stereocenters. The van der Waals surface area contributed by atoms with Crippen LogP contribution in [0, 0.1) is 17.2 Å². The summed E-state index contributed by atoms with van der Waals surface area (Å²) in [5.41, 5.74) is 0. The maximum atomic E-state index is 9.78. The molecule has 1 saturated carbocycles. The summed E-state index contributed by atoms with van der Waals surface area (Å²) in [5, 5.41) is 18.4. The van der Waals surface area contributed by atoms with Crippen LogP contribution in [-0.4, -0.2) is 35.2 Å². The summed E-state index contributed by atoms with van der Waals surface area (Å²) in [6.07, 6.45) is 8.08. The Kier molecular flexibility index (Phi) is 4.20. The van der Waals surface area contributed by atoms with Gasteiger partial charge in [0.2, 0.25) is 0 Å². The predicted octanol–water partition coefficient (Wildman–Crippen LogP) is 1.92. The molecule has 3 heteroatoms. The molecule has 2 aliphatic rings. The molecule has 1 aliphatic carbocycles. The maximum absolute atomic E-state index is 9.78. The Morgan fingerprint density at radius 3 is 2.69 bits per heavy atom. The molecule has 0 unspecified atom stereocenters. The molecule has 16 heavy (non-hydrogen) atoms. The van der Waals surface area contributed by atoms with Crippen molar-refractivity contribution in [3.63, 3.8) is 0 Å². The van der Waals surface area contributed by atoms with Crippen molar-refractivity contribution in [1.29, 1.82) is 5.26 Å². The number of nitriles is 1. The summed E-state index contributed by atoms with van der Waals surface area (Å²) >= 11 is 0. The predicted molar refractivity (Wildman–Crippen MR) is 62.8 cm³/mol. The lowest BCUT2D eigenvalue weighted by Gasteiger charge is -2.33. The van der Waals surface area contributed by atoms with Gasteiger partial charge in [-0.25, -0.2) is 0 Å². The fourth-order valence-electron chi connectivity index (χ4n) is 3.37. The highest BCUT2D eigenvalue weighted by atomic mass is 16.3. The molecule has 1 saturated heterocycles. The number of rotatable bonds is 3. The molecule has 1 N–H and O–H groups in total. The van der Waals surface area contributed by atoms with E-state index in [1.807, 2.05) is 0 Å². The molecule has 1 heterocycles. The average molecular weight is 222 g/mol. The van der Waals surface area contributed by atoms with Crippen LogP contribution < -0.4 is 0 Å². The molecule has 2 fully saturated rings. The van der Waals surface area contributed by atoms with E-state index in [9.17, 15) is 5.11 Å². The van der Waals surface area contributed by atoms with E-state index in [4.69, 9.17) is 5.26 Å². The van der Waals surface area contributed by atoms with Gasteiger partial charge in [-0.05, 0) is 25.2 Å². The van der Waals surface area contributed by atoms with Crippen LogP contribution in [0.3, 0.4) is 0 Å². The third kappa shape index (κ3) is 2.75. The van der Waals surface area contributed by atoms with E-state index in [0.29, 0.717) is 12.5 Å². The van der Waals surface area contributed by atoms with Gasteiger partial charge in [0, 0.05) is 25.6 Å². The van der Waals surface area contributed by atoms with Crippen LogP contribution >= 0.6 is 0 Å². The summed E-state index contributed by atoms with van der Waals surface area (Å²) in [6.45, 7) is 1.62. The van der Waals surface area contributed by atoms with Crippen LogP contribution in [0.5, 0.6) is 0 Å². The fraction of sp³-hybridized carbons (Fsp3) is 0.923. The second-order valence-corrected chi connectivity index (χ2v) is 5.26. The highest BCUT2D eigenvalue weighted by Gasteiger charge is 2.36. The number of β-amino-alcohol motifs (C(OH)–C–C–N with tert-alkyl or cyclic N) is 1. The van der Waals surface area contributed by atoms with Crippen LogP contribution in [0.1, 0.15) is 44.9 Å². The van der Waals surface area contributed by atoms with Gasteiger partial charge in [0.1, 0.15) is 0 Å². The van der Waals surface area contributed by atoms with Crippen molar-refractivity contribution in [1.82, 2.24) is 4.90 Å². The van der Waals surface area contributed by atoms with Gasteiger partial charge in [-0.1, -0.05) is 19.3 Å². The number of hydrogen-bond acceptors (Lipinski definition) is 3. The van der Waals surface area contributed by atoms with Crippen molar-refractivity contribution >= 4 is 0 Å². The Balaban J connectivity index is 1.91. The summed E-state index contributed by atoms with van der Waals surface area (Å²) in [7, 11) is 0. The highest BCUT2D eigenvalue weighted by Crippen LogP contribution is 2.34. The lowest BCUT2D eigenvalue weighted by molar-refractivity contribution is 0.156. The van der Waals surface area contributed by atoms with Crippen LogP contribution in [-0.2, 0) is 0 Å². The molecule has 3 nitrogen and oxygen atoms in total. The van der Waals surface area contributed by atoms with E-state index < -0.39 is 0 Å². The first kappa shape index (κ1) is 11.9. The smallest absolute Gasteiger partial charge is 0.0682 e. The van der Waals surface area contributed by atoms with Gasteiger partial charge in [-0.15, -0.1) is 0 Å². The van der Waals surface area contributed by atoms with Crippen molar-refractivity contribution in [3.8, 4) is 6.07 Å². The molecule has 90 valence electrons. The van der Waals surface area contributed by atoms with Gasteiger partial charge in [0.15, 0.2) is 0 Å². The molecule has 1 aliphatic heterocycles. The van der Waals surface area contributed by atoms with E-state index >= 15 is 0 Å². The van der Waals surface area contributed by atoms with Gasteiger partial charge in [-0.3, -0.25) is 4.90 Å². The number of hydrogen-bond donors (Lipinski definition) is 1. The van der Waals surface area contributed by atoms with Gasteiger partial charge >= 0.3 is 0 Å². The van der Waals surface area contributed by atoms with Crippen LogP contribution in [0.25, 0.3) is 0 Å². The molecule has 2 rings (SSSR count). The van der Waals surface area contributed by atoms with Gasteiger partial charge in [0.25, 0.3) is 0 Å². The number of likely N-dealkylation sites (tertiary alicyclic amines) is 1. The molecule has 0 amide bonds. The molecular weight excluding hydrogens is 200 g/mol. The number of aliphatic hydroxyl groups is 1. The summed E-state index contributed by atoms with van der Waals surface area (Å²) < 4.78 is 0. The SMILES string of the molecule is N#CCCN1C[C@H](O)C[C@H]1C1CCCCC1. The molecule has 0 bridgehead atoms. The van der Waals surface area contributed by atoms with Crippen molar-refractivity contribution < 1.29 is 5.11 Å². The van der Waals surface area contributed by atoms with E-state index in [1.165, 1.54) is 32.1 Å². The molecule has 0 aromatic heterocycles. The largest absolute Gasteiger partial charge is 0.392 e. The van der Waals surface area contributed by atoms with Crippen molar-refractivity contribution in [3.05, 3.63) is 0 Å². The molecule has 0 spiro atoms. The first-order chi connectivity index (χ1) is 7.81. The topological polar surface area (TPSA) is 47.3 Å². The third-order valence-electron chi connectivity index (χ3n) is 4.13. The molecule has 0 aromatic carbocycles. The van der Waals surface area contributed by atoms with Crippen molar-refractivity contribution in [2.24, 2.45) is 5.92 Å². The minimum atomic E-state index is -0.161.